The molecule has 0 saturated carbocycles. The number of nitrogens with one attached hydrogen (secondary N) is 1. The molecule has 148 valence electrons. The molecule has 0 bridgehead atoms. The predicted octanol–water partition coefficient (Wildman–Crippen LogP) is 2.24. The first kappa shape index (κ1) is 19.0. The molecule has 1 N–H and O–H groups in total. The fraction of sp³-hybridized carbons (Fsp3) is 0.500. The maximum Gasteiger partial charge on any atom is 0.220 e. The van der Waals surface area contributed by atoms with Crippen molar-refractivity contribution in [2.24, 2.45) is 0 Å². The third-order valence-electron chi connectivity index (χ3n) is 6.20. The van der Waals surface area contributed by atoms with Crippen molar-refractivity contribution < 1.29 is 4.79 Å². The minimum Gasteiger partial charge on any atom is -0.356 e. The first-order chi connectivity index (χ1) is 13.5. The summed E-state index contributed by atoms with van der Waals surface area (Å²) >= 11 is 0. The Morgan fingerprint density at radius 2 is 2.00 bits per heavy atom. The number of piperazine rings is 1. The first-order valence-corrected chi connectivity index (χ1v) is 10.1. The van der Waals surface area contributed by atoms with Crippen molar-refractivity contribution in [3.8, 4) is 11.4 Å². The maximum absolute atomic E-state index is 11.8. The van der Waals surface area contributed by atoms with Crippen molar-refractivity contribution in [1.82, 2.24) is 25.1 Å². The number of aromatic nitrogens is 2. The normalized spacial score (nSPS) is 24.1. The van der Waals surface area contributed by atoms with Gasteiger partial charge < -0.3 is 5.32 Å². The van der Waals surface area contributed by atoms with Crippen LogP contribution >= 0.6 is 0 Å². The van der Waals surface area contributed by atoms with Crippen LogP contribution in [-0.2, 0) is 11.3 Å². The zero-order valence-corrected chi connectivity index (χ0v) is 16.8. The van der Waals surface area contributed by atoms with Crippen LogP contribution in [0.2, 0.25) is 0 Å². The van der Waals surface area contributed by atoms with Gasteiger partial charge >= 0.3 is 0 Å². The molecule has 3 heterocycles. The van der Waals surface area contributed by atoms with E-state index in [1.807, 2.05) is 24.5 Å². The summed E-state index contributed by atoms with van der Waals surface area (Å²) in [6.07, 6.45) is 6.46. The van der Waals surface area contributed by atoms with Gasteiger partial charge in [-0.15, -0.1) is 0 Å². The van der Waals surface area contributed by atoms with E-state index in [2.05, 4.69) is 51.2 Å². The second kappa shape index (κ2) is 7.97. The lowest BCUT2D eigenvalue weighted by Gasteiger charge is -2.49. The fourth-order valence-electron chi connectivity index (χ4n) is 4.44. The van der Waals surface area contributed by atoms with Gasteiger partial charge in [-0.2, -0.15) is 0 Å². The van der Waals surface area contributed by atoms with Crippen molar-refractivity contribution in [2.45, 2.75) is 38.3 Å². The van der Waals surface area contributed by atoms with Crippen LogP contribution in [0.4, 0.5) is 0 Å². The van der Waals surface area contributed by atoms with E-state index in [0.717, 1.165) is 62.5 Å². The molecule has 1 aromatic heterocycles. The van der Waals surface area contributed by atoms with Gasteiger partial charge in [0.15, 0.2) is 5.82 Å². The molecular weight excluding hydrogens is 350 g/mol. The van der Waals surface area contributed by atoms with Gasteiger partial charge in [-0.3, -0.25) is 14.6 Å². The number of nitrogens with zero attached hydrogens (tertiary/aromatic N) is 4. The van der Waals surface area contributed by atoms with Gasteiger partial charge in [0.2, 0.25) is 5.91 Å². The zero-order chi connectivity index (χ0) is 19.6. The van der Waals surface area contributed by atoms with E-state index in [-0.39, 0.29) is 11.4 Å². The zero-order valence-electron chi connectivity index (χ0n) is 16.8. The molecule has 1 spiro atoms. The van der Waals surface area contributed by atoms with E-state index in [4.69, 9.17) is 0 Å². The summed E-state index contributed by atoms with van der Waals surface area (Å²) in [7, 11) is 2.20. The number of hydrogen-bond donors (Lipinski definition) is 1. The number of hydrogen-bond acceptors (Lipinski definition) is 5. The summed E-state index contributed by atoms with van der Waals surface area (Å²) in [5.74, 6) is 0.957. The molecule has 2 fully saturated rings. The van der Waals surface area contributed by atoms with Crippen molar-refractivity contribution in [1.29, 1.82) is 0 Å². The monoisotopic (exact) mass is 379 g/mol. The first-order valence-electron chi connectivity index (χ1n) is 10.1. The molecule has 0 radical (unpaired) electrons. The Hall–Kier alpha value is -2.31. The van der Waals surface area contributed by atoms with Crippen molar-refractivity contribution in [3.63, 3.8) is 0 Å². The maximum atomic E-state index is 11.8. The van der Waals surface area contributed by atoms with Crippen LogP contribution in [0.3, 0.4) is 0 Å². The quantitative estimate of drug-likeness (QED) is 0.886. The lowest BCUT2D eigenvalue weighted by Crippen LogP contribution is -2.60. The topological polar surface area (TPSA) is 61.4 Å². The third kappa shape index (κ3) is 4.08. The molecule has 1 atom stereocenters. The molecule has 6 nitrogen and oxygen atoms in total. The minimum atomic E-state index is 0.0831. The van der Waals surface area contributed by atoms with Gasteiger partial charge in [0.05, 0.1) is 0 Å². The molecule has 0 aliphatic carbocycles. The SMILES string of the molecule is Cc1cccc(-c2ncc(CN3CCN(C)[C@]4(CCNC(=O)CC4)C3)cn2)c1. The van der Waals surface area contributed by atoms with Crippen LogP contribution < -0.4 is 5.32 Å². The Bertz CT molecular complexity index is 837. The molecule has 1 aromatic carbocycles. The molecule has 1 amide bonds. The summed E-state index contributed by atoms with van der Waals surface area (Å²) in [6, 6.07) is 8.28. The summed E-state index contributed by atoms with van der Waals surface area (Å²) in [4.78, 5) is 25.9. The van der Waals surface area contributed by atoms with Crippen LogP contribution in [0.1, 0.15) is 30.4 Å². The van der Waals surface area contributed by atoms with Gasteiger partial charge in [-0.1, -0.05) is 23.8 Å². The van der Waals surface area contributed by atoms with Crippen molar-refractivity contribution in [2.75, 3.05) is 33.2 Å². The number of aryl methyl sites for hydroxylation is 1. The number of amides is 1. The second-order valence-electron chi connectivity index (χ2n) is 8.24. The van der Waals surface area contributed by atoms with Crippen LogP contribution in [0, 0.1) is 6.92 Å². The number of carbonyl (C=O) groups is 1. The van der Waals surface area contributed by atoms with Crippen LogP contribution in [0.15, 0.2) is 36.7 Å². The standard InChI is InChI=1S/C22H29N5O/c1-17-4-3-5-19(12-17)21-24-13-18(14-25-21)15-27-11-10-26(2)22(16-27)7-6-20(28)23-9-8-22/h3-5,12-14H,6-11,15-16H2,1-2H3,(H,23,28)/t22-/m1/s1. The highest BCUT2D eigenvalue weighted by Crippen LogP contribution is 2.31. The van der Waals surface area contributed by atoms with Crippen LogP contribution in [0.25, 0.3) is 11.4 Å². The molecule has 28 heavy (non-hydrogen) atoms. The summed E-state index contributed by atoms with van der Waals surface area (Å²) in [6.45, 7) is 6.74. The van der Waals surface area contributed by atoms with E-state index in [1.54, 1.807) is 0 Å². The van der Waals surface area contributed by atoms with Gasteiger partial charge in [0.1, 0.15) is 0 Å². The predicted molar refractivity (Wildman–Crippen MR) is 110 cm³/mol. The largest absolute Gasteiger partial charge is 0.356 e. The summed E-state index contributed by atoms with van der Waals surface area (Å²) in [5.41, 5.74) is 3.49. The van der Waals surface area contributed by atoms with Gasteiger partial charge in [0, 0.05) is 68.2 Å². The molecule has 6 heteroatoms. The summed E-state index contributed by atoms with van der Waals surface area (Å²) < 4.78 is 0. The van der Waals surface area contributed by atoms with Crippen molar-refractivity contribution >= 4 is 5.91 Å². The van der Waals surface area contributed by atoms with Crippen molar-refractivity contribution in [3.05, 3.63) is 47.8 Å². The van der Waals surface area contributed by atoms with Crippen LogP contribution in [0.5, 0.6) is 0 Å². The Morgan fingerprint density at radius 3 is 2.79 bits per heavy atom. The Kier molecular flexibility index (Phi) is 5.42. The second-order valence-corrected chi connectivity index (χ2v) is 8.24. The number of likely N-dealkylation sites (N-methyl/N-ethyl adjacent to an activating group) is 1. The molecule has 2 aromatic rings. The highest BCUT2D eigenvalue weighted by atomic mass is 16.1. The van der Waals surface area contributed by atoms with Crippen LogP contribution in [-0.4, -0.2) is 64.4 Å². The molecule has 2 aliphatic heterocycles. The smallest absolute Gasteiger partial charge is 0.220 e. The van der Waals surface area contributed by atoms with E-state index in [1.165, 1.54) is 5.56 Å². The third-order valence-corrected chi connectivity index (χ3v) is 6.20. The lowest BCUT2D eigenvalue weighted by molar-refractivity contribution is -0.121. The van der Waals surface area contributed by atoms with E-state index >= 15 is 0 Å². The summed E-state index contributed by atoms with van der Waals surface area (Å²) in [5, 5.41) is 3.02. The van der Waals surface area contributed by atoms with Gasteiger partial charge in [-0.05, 0) is 32.9 Å². The van der Waals surface area contributed by atoms with Gasteiger partial charge in [-0.25, -0.2) is 9.97 Å². The Morgan fingerprint density at radius 1 is 1.18 bits per heavy atom. The number of benzene rings is 1. The van der Waals surface area contributed by atoms with E-state index in [0.29, 0.717) is 6.42 Å². The average Bonchev–Trinajstić information content (AvgIpc) is 2.88. The number of carbonyl (C=O) groups excluding carboxylic acids is 1. The molecule has 2 aliphatic rings. The van der Waals surface area contributed by atoms with Gasteiger partial charge in [0.25, 0.3) is 0 Å². The number of rotatable bonds is 3. The lowest BCUT2D eigenvalue weighted by atomic mass is 9.86. The fourth-order valence-corrected chi connectivity index (χ4v) is 4.44. The highest BCUT2D eigenvalue weighted by Gasteiger charge is 2.40. The molecule has 0 unspecified atom stereocenters. The Labute approximate surface area is 167 Å². The molecule has 2 saturated heterocycles. The molecule has 4 rings (SSSR count). The Balaban J connectivity index is 1.44. The molecular formula is C22H29N5O. The average molecular weight is 380 g/mol. The minimum absolute atomic E-state index is 0.0831. The van der Waals surface area contributed by atoms with E-state index < -0.39 is 0 Å². The van der Waals surface area contributed by atoms with E-state index in [9.17, 15) is 4.79 Å². The highest BCUT2D eigenvalue weighted by molar-refractivity contribution is 5.76.